The molecule has 0 aromatic rings. The molecule has 5 heteroatoms. The van der Waals surface area contributed by atoms with Crippen LogP contribution in [0.5, 0.6) is 0 Å². The van der Waals surface area contributed by atoms with Crippen LogP contribution in [-0.2, 0) is 9.84 Å². The Morgan fingerprint density at radius 2 is 1.94 bits per heavy atom. The largest absolute Gasteiger partial charge is 0.271 e. The van der Waals surface area contributed by atoms with Crippen LogP contribution in [0.25, 0.3) is 0 Å². The van der Waals surface area contributed by atoms with E-state index in [1.54, 1.807) is 0 Å². The lowest BCUT2D eigenvalue weighted by Gasteiger charge is -2.36. The van der Waals surface area contributed by atoms with Crippen LogP contribution in [0, 0.1) is 11.3 Å². The van der Waals surface area contributed by atoms with E-state index in [-0.39, 0.29) is 16.7 Å². The minimum atomic E-state index is -2.91. The van der Waals surface area contributed by atoms with Gasteiger partial charge in [0.05, 0.1) is 5.25 Å². The summed E-state index contributed by atoms with van der Waals surface area (Å²) < 4.78 is 23.4. The molecule has 3 atom stereocenters. The topological polar surface area (TPSA) is 72.2 Å². The van der Waals surface area contributed by atoms with Crippen molar-refractivity contribution in [2.75, 3.05) is 6.26 Å². The molecule has 0 aliphatic heterocycles. The molecule has 1 aliphatic rings. The van der Waals surface area contributed by atoms with Gasteiger partial charge in [0.2, 0.25) is 0 Å². The zero-order chi connectivity index (χ0) is 14.0. The maximum atomic E-state index is 11.7. The van der Waals surface area contributed by atoms with Crippen LogP contribution in [0.2, 0.25) is 0 Å². The van der Waals surface area contributed by atoms with E-state index in [2.05, 4.69) is 26.2 Å². The molecule has 4 nitrogen and oxygen atoms in total. The summed E-state index contributed by atoms with van der Waals surface area (Å²) in [6.45, 7) is 6.57. The standard InChI is InChI=1S/C13H28N2O2S/c1-13(2,3)9-12(15-14)10-6-5-7-11(8-10)18(4,16)17/h10-12,15H,5-9,14H2,1-4H3. The fourth-order valence-corrected chi connectivity index (χ4v) is 4.15. The summed E-state index contributed by atoms with van der Waals surface area (Å²) in [6.07, 6.45) is 5.97. The molecule has 0 saturated heterocycles. The van der Waals surface area contributed by atoms with Crippen molar-refractivity contribution in [3.8, 4) is 0 Å². The third-order valence-corrected chi connectivity index (χ3v) is 5.53. The second kappa shape index (κ2) is 5.88. The first-order valence-corrected chi connectivity index (χ1v) is 8.74. The Balaban J connectivity index is 2.70. The number of sulfone groups is 1. The van der Waals surface area contributed by atoms with Crippen molar-refractivity contribution in [1.82, 2.24) is 5.43 Å². The van der Waals surface area contributed by atoms with Crippen LogP contribution >= 0.6 is 0 Å². The molecule has 3 N–H and O–H groups in total. The minimum Gasteiger partial charge on any atom is -0.271 e. The summed E-state index contributed by atoms with van der Waals surface area (Å²) in [5.41, 5.74) is 3.11. The Kier molecular flexibility index (Phi) is 5.21. The number of rotatable bonds is 4. The van der Waals surface area contributed by atoms with Crippen molar-refractivity contribution < 1.29 is 8.42 Å². The lowest BCUT2D eigenvalue weighted by atomic mass is 9.77. The van der Waals surface area contributed by atoms with Crippen molar-refractivity contribution in [2.24, 2.45) is 17.2 Å². The third kappa shape index (κ3) is 4.86. The van der Waals surface area contributed by atoms with Crippen molar-refractivity contribution in [3.63, 3.8) is 0 Å². The monoisotopic (exact) mass is 276 g/mol. The van der Waals surface area contributed by atoms with Crippen LogP contribution in [0.1, 0.15) is 52.9 Å². The summed E-state index contributed by atoms with van der Waals surface area (Å²) in [4.78, 5) is 0. The molecule has 108 valence electrons. The van der Waals surface area contributed by atoms with E-state index < -0.39 is 9.84 Å². The molecular formula is C13H28N2O2S. The van der Waals surface area contributed by atoms with Crippen LogP contribution in [0.4, 0.5) is 0 Å². The van der Waals surface area contributed by atoms with Gasteiger partial charge in [-0.1, -0.05) is 27.2 Å². The van der Waals surface area contributed by atoms with Crippen molar-refractivity contribution >= 4 is 9.84 Å². The second-order valence-electron chi connectivity index (χ2n) is 6.92. The predicted octanol–water partition coefficient (Wildman–Crippen LogP) is 1.86. The number of hydrogen-bond acceptors (Lipinski definition) is 4. The van der Waals surface area contributed by atoms with Crippen LogP contribution < -0.4 is 11.3 Å². The van der Waals surface area contributed by atoms with E-state index in [0.717, 1.165) is 32.1 Å². The van der Waals surface area contributed by atoms with E-state index in [9.17, 15) is 8.42 Å². The Hall–Kier alpha value is -0.130. The first-order chi connectivity index (χ1) is 8.13. The Labute approximate surface area is 112 Å². The normalized spacial score (nSPS) is 28.1. The number of nitrogens with one attached hydrogen (secondary N) is 1. The SMILES string of the molecule is CC(C)(C)CC(NN)C1CCCC(S(C)(=O)=O)C1. The first-order valence-electron chi connectivity index (χ1n) is 6.78. The molecule has 0 heterocycles. The van der Waals surface area contributed by atoms with E-state index in [4.69, 9.17) is 5.84 Å². The summed E-state index contributed by atoms with van der Waals surface area (Å²) in [5.74, 6) is 6.04. The fourth-order valence-electron chi connectivity index (χ4n) is 2.96. The molecule has 1 aliphatic carbocycles. The minimum absolute atomic E-state index is 0.174. The summed E-state index contributed by atoms with van der Waals surface area (Å²) in [6, 6.07) is 0.217. The fraction of sp³-hybridized carbons (Fsp3) is 1.00. The molecule has 0 amide bonds. The smallest absolute Gasteiger partial charge is 0.150 e. The molecule has 0 aromatic carbocycles. The number of hydrazine groups is 1. The van der Waals surface area contributed by atoms with Gasteiger partial charge < -0.3 is 0 Å². The quantitative estimate of drug-likeness (QED) is 0.607. The molecule has 0 radical (unpaired) electrons. The van der Waals surface area contributed by atoms with Crippen LogP contribution in [-0.4, -0.2) is 26.0 Å². The summed E-state index contributed by atoms with van der Waals surface area (Å²) >= 11 is 0. The summed E-state index contributed by atoms with van der Waals surface area (Å²) in [5, 5.41) is -0.174. The average molecular weight is 276 g/mol. The molecule has 1 rings (SSSR count). The van der Waals surface area contributed by atoms with Crippen molar-refractivity contribution in [1.29, 1.82) is 0 Å². The highest BCUT2D eigenvalue weighted by Crippen LogP contribution is 2.34. The van der Waals surface area contributed by atoms with Gasteiger partial charge in [0.1, 0.15) is 9.84 Å². The maximum absolute atomic E-state index is 11.7. The lowest BCUT2D eigenvalue weighted by Crippen LogP contribution is -2.46. The Morgan fingerprint density at radius 3 is 2.39 bits per heavy atom. The highest BCUT2D eigenvalue weighted by molar-refractivity contribution is 7.91. The number of nitrogens with two attached hydrogens (primary N) is 1. The molecule has 18 heavy (non-hydrogen) atoms. The van der Waals surface area contributed by atoms with E-state index >= 15 is 0 Å². The third-order valence-electron chi connectivity index (χ3n) is 3.89. The molecule has 1 fully saturated rings. The highest BCUT2D eigenvalue weighted by Gasteiger charge is 2.34. The molecular weight excluding hydrogens is 248 g/mol. The van der Waals surface area contributed by atoms with Gasteiger partial charge in [-0.05, 0) is 37.0 Å². The molecule has 0 aromatic heterocycles. The van der Waals surface area contributed by atoms with Gasteiger partial charge in [0.25, 0.3) is 0 Å². The van der Waals surface area contributed by atoms with Crippen molar-refractivity contribution in [2.45, 2.75) is 64.2 Å². The predicted molar refractivity (Wildman–Crippen MR) is 75.8 cm³/mol. The van der Waals surface area contributed by atoms with Gasteiger partial charge in [0, 0.05) is 12.3 Å². The van der Waals surface area contributed by atoms with Gasteiger partial charge in [-0.15, -0.1) is 0 Å². The van der Waals surface area contributed by atoms with E-state index in [1.807, 2.05) is 0 Å². The maximum Gasteiger partial charge on any atom is 0.150 e. The summed E-state index contributed by atoms with van der Waals surface area (Å²) in [7, 11) is -2.91. The van der Waals surface area contributed by atoms with E-state index in [0.29, 0.717) is 5.92 Å². The second-order valence-corrected chi connectivity index (χ2v) is 9.24. The zero-order valence-corrected chi connectivity index (χ0v) is 12.9. The van der Waals surface area contributed by atoms with Gasteiger partial charge in [0.15, 0.2) is 0 Å². The average Bonchev–Trinajstić information content (AvgIpc) is 2.23. The molecule has 1 saturated carbocycles. The van der Waals surface area contributed by atoms with Crippen LogP contribution in [0.3, 0.4) is 0 Å². The van der Waals surface area contributed by atoms with Crippen molar-refractivity contribution in [3.05, 3.63) is 0 Å². The Morgan fingerprint density at radius 1 is 1.33 bits per heavy atom. The lowest BCUT2D eigenvalue weighted by molar-refractivity contribution is 0.208. The van der Waals surface area contributed by atoms with Crippen LogP contribution in [0.15, 0.2) is 0 Å². The van der Waals surface area contributed by atoms with Gasteiger partial charge >= 0.3 is 0 Å². The Bertz CT molecular complexity index is 360. The number of hydrogen-bond donors (Lipinski definition) is 2. The molecule has 3 unspecified atom stereocenters. The van der Waals surface area contributed by atoms with Gasteiger partial charge in [-0.2, -0.15) is 0 Å². The first kappa shape index (κ1) is 15.9. The molecule has 0 bridgehead atoms. The van der Waals surface area contributed by atoms with Gasteiger partial charge in [-0.3, -0.25) is 11.3 Å². The van der Waals surface area contributed by atoms with Gasteiger partial charge in [-0.25, -0.2) is 8.42 Å². The highest BCUT2D eigenvalue weighted by atomic mass is 32.2. The van der Waals surface area contributed by atoms with E-state index in [1.165, 1.54) is 6.26 Å². The molecule has 0 spiro atoms. The zero-order valence-electron chi connectivity index (χ0n) is 12.1.